The molecule has 0 aromatic carbocycles. The maximum absolute atomic E-state index is 12.1. The first kappa shape index (κ1) is 22.8. The molecule has 0 bridgehead atoms. The van der Waals surface area contributed by atoms with Gasteiger partial charge in [0.05, 0.1) is 19.1 Å². The third-order valence-corrected chi connectivity index (χ3v) is 3.20. The fourth-order valence-electron chi connectivity index (χ4n) is 1.97. The first-order chi connectivity index (χ1) is 12.0. The number of carbonyl (C=O) groups excluding carboxylic acids is 5. The summed E-state index contributed by atoms with van der Waals surface area (Å²) in [5, 5.41) is 19.9. The number of rotatable bonds is 15. The van der Waals surface area contributed by atoms with Crippen molar-refractivity contribution in [1.82, 2.24) is 21.3 Å². The largest absolute Gasteiger partial charge is 0.377 e. The summed E-state index contributed by atoms with van der Waals surface area (Å²) in [5.41, 5.74) is 0. The number of hydrogen-bond donors (Lipinski definition) is 5. The molecule has 0 aliphatic rings. The molecule has 25 heavy (non-hydrogen) atoms. The highest BCUT2D eigenvalue weighted by Gasteiger charge is 2.21. The third kappa shape index (κ3) is 11.1. The molecule has 0 aromatic heterocycles. The Labute approximate surface area is 146 Å². The Morgan fingerprint density at radius 3 is 2.28 bits per heavy atom. The van der Waals surface area contributed by atoms with Gasteiger partial charge >= 0.3 is 0 Å². The third-order valence-electron chi connectivity index (χ3n) is 3.20. The molecule has 0 spiro atoms. The van der Waals surface area contributed by atoms with Gasteiger partial charge in [-0.2, -0.15) is 0 Å². The van der Waals surface area contributed by atoms with Crippen molar-refractivity contribution >= 4 is 30.7 Å². The van der Waals surface area contributed by atoms with Gasteiger partial charge in [-0.15, -0.1) is 0 Å². The van der Waals surface area contributed by atoms with Gasteiger partial charge < -0.3 is 35.4 Å². The van der Waals surface area contributed by atoms with Crippen molar-refractivity contribution in [2.45, 2.75) is 44.0 Å². The zero-order valence-electron chi connectivity index (χ0n) is 14.2. The molecule has 0 heterocycles. The van der Waals surface area contributed by atoms with E-state index in [0.717, 1.165) is 0 Å². The Hall–Kier alpha value is -2.17. The van der Waals surface area contributed by atoms with Crippen LogP contribution in [-0.4, -0.2) is 74.2 Å². The maximum Gasteiger partial charge on any atom is 0.242 e. The lowest BCUT2D eigenvalue weighted by atomic mass is 10.1. The Morgan fingerprint density at radius 1 is 1.08 bits per heavy atom. The Bertz CT molecular complexity index is 446. The molecular formula is C15H26N4O6. The fourth-order valence-corrected chi connectivity index (χ4v) is 1.97. The van der Waals surface area contributed by atoms with E-state index in [0.29, 0.717) is 18.9 Å². The Balaban J connectivity index is 4.45. The number of aliphatic hydroxyl groups is 1. The van der Waals surface area contributed by atoms with Crippen LogP contribution in [0.3, 0.4) is 0 Å². The van der Waals surface area contributed by atoms with Crippen molar-refractivity contribution < 1.29 is 29.1 Å². The lowest BCUT2D eigenvalue weighted by molar-refractivity contribution is -0.129. The van der Waals surface area contributed by atoms with Gasteiger partial charge in [-0.05, 0) is 19.9 Å². The van der Waals surface area contributed by atoms with Crippen molar-refractivity contribution in [3.05, 3.63) is 0 Å². The van der Waals surface area contributed by atoms with Crippen LogP contribution in [0.2, 0.25) is 0 Å². The van der Waals surface area contributed by atoms with Crippen LogP contribution in [-0.2, 0) is 24.0 Å². The SMILES string of the molecule is CNCC(=O)N[C@@H](CCC=O)C(=O)NCC(O)N[C@H](C=O)CCC=O. The van der Waals surface area contributed by atoms with E-state index in [1.54, 1.807) is 7.05 Å². The number of hydrogen-bond acceptors (Lipinski definition) is 8. The van der Waals surface area contributed by atoms with Crippen LogP contribution >= 0.6 is 0 Å². The molecule has 0 fully saturated rings. The topological polar surface area (TPSA) is 154 Å². The molecule has 142 valence electrons. The molecule has 5 N–H and O–H groups in total. The summed E-state index contributed by atoms with van der Waals surface area (Å²) in [6, 6.07) is -1.62. The van der Waals surface area contributed by atoms with Gasteiger partial charge in [0, 0.05) is 12.8 Å². The second kappa shape index (κ2) is 14.2. The van der Waals surface area contributed by atoms with Gasteiger partial charge in [0.25, 0.3) is 0 Å². The van der Waals surface area contributed by atoms with Gasteiger partial charge in [-0.3, -0.25) is 14.9 Å². The molecule has 0 aliphatic carbocycles. The van der Waals surface area contributed by atoms with Crippen molar-refractivity contribution in [3.8, 4) is 0 Å². The number of aldehydes is 3. The highest BCUT2D eigenvalue weighted by atomic mass is 16.3. The van der Waals surface area contributed by atoms with E-state index in [1.807, 2.05) is 0 Å². The van der Waals surface area contributed by atoms with Gasteiger partial charge in [-0.1, -0.05) is 0 Å². The molecule has 10 heteroatoms. The molecule has 3 atom stereocenters. The Morgan fingerprint density at radius 2 is 1.72 bits per heavy atom. The predicted octanol–water partition coefficient (Wildman–Crippen LogP) is -2.76. The van der Waals surface area contributed by atoms with Crippen LogP contribution in [0.1, 0.15) is 25.7 Å². The van der Waals surface area contributed by atoms with Crippen molar-refractivity contribution in [3.63, 3.8) is 0 Å². The van der Waals surface area contributed by atoms with Gasteiger partial charge in [-0.25, -0.2) is 0 Å². The smallest absolute Gasteiger partial charge is 0.242 e. The Kier molecular flexibility index (Phi) is 13.0. The van der Waals surface area contributed by atoms with Crippen LogP contribution in [0.5, 0.6) is 0 Å². The standard InChI is InChI=1S/C15H26N4O6/c1-16-8-13(23)19-12(5-3-7-21)15(25)17-9-14(24)18-11(10-22)4-2-6-20/h6-7,10-12,14,16,18,24H,2-5,8-9H2,1H3,(H,17,25)(H,19,23)/t11-,12-,14?/m0/s1. The summed E-state index contributed by atoms with van der Waals surface area (Å²) >= 11 is 0. The molecule has 2 amide bonds. The second-order valence-electron chi connectivity index (χ2n) is 5.31. The monoisotopic (exact) mass is 358 g/mol. The number of aliphatic hydroxyl groups excluding tert-OH is 1. The first-order valence-electron chi connectivity index (χ1n) is 7.96. The van der Waals surface area contributed by atoms with Gasteiger partial charge in [0.15, 0.2) is 0 Å². The average Bonchev–Trinajstić information content (AvgIpc) is 2.60. The molecule has 0 saturated heterocycles. The quantitative estimate of drug-likeness (QED) is 0.156. The highest BCUT2D eigenvalue weighted by molar-refractivity contribution is 5.88. The molecule has 10 nitrogen and oxygen atoms in total. The van der Waals surface area contributed by atoms with Crippen molar-refractivity contribution in [2.24, 2.45) is 0 Å². The second-order valence-corrected chi connectivity index (χ2v) is 5.31. The number of nitrogens with one attached hydrogen (secondary N) is 4. The normalized spacial score (nSPS) is 14.0. The molecule has 0 radical (unpaired) electrons. The molecule has 1 unspecified atom stereocenters. The first-order valence-corrected chi connectivity index (χ1v) is 7.96. The summed E-state index contributed by atoms with van der Waals surface area (Å²) < 4.78 is 0. The zero-order chi connectivity index (χ0) is 19.1. The van der Waals surface area contributed by atoms with Gasteiger partial charge in [0.2, 0.25) is 11.8 Å². The summed E-state index contributed by atoms with van der Waals surface area (Å²) in [5.74, 6) is -0.954. The molecule has 0 aliphatic heterocycles. The van der Waals surface area contributed by atoms with Crippen LogP contribution in [0, 0.1) is 0 Å². The van der Waals surface area contributed by atoms with Crippen LogP contribution in [0.15, 0.2) is 0 Å². The zero-order valence-corrected chi connectivity index (χ0v) is 14.2. The van der Waals surface area contributed by atoms with E-state index in [4.69, 9.17) is 0 Å². The van der Waals surface area contributed by atoms with Crippen LogP contribution < -0.4 is 21.3 Å². The molecule has 0 rings (SSSR count). The molecular weight excluding hydrogens is 332 g/mol. The minimum atomic E-state index is -1.20. The number of amides is 2. The van der Waals surface area contributed by atoms with E-state index in [-0.39, 0.29) is 38.8 Å². The lowest BCUT2D eigenvalue weighted by Crippen LogP contribution is -2.52. The van der Waals surface area contributed by atoms with Crippen LogP contribution in [0.25, 0.3) is 0 Å². The minimum absolute atomic E-state index is 0.0206. The summed E-state index contributed by atoms with van der Waals surface area (Å²) in [6.45, 7) is -0.184. The fraction of sp³-hybridized carbons (Fsp3) is 0.667. The van der Waals surface area contributed by atoms with E-state index in [1.165, 1.54) is 0 Å². The number of likely N-dealkylation sites (N-methyl/N-ethyl adjacent to an activating group) is 1. The molecule has 0 saturated carbocycles. The number of carbonyl (C=O) groups is 5. The van der Waals surface area contributed by atoms with E-state index < -0.39 is 30.1 Å². The summed E-state index contributed by atoms with van der Waals surface area (Å²) in [7, 11) is 1.58. The lowest BCUT2D eigenvalue weighted by Gasteiger charge is -2.21. The molecule has 0 aromatic rings. The minimum Gasteiger partial charge on any atom is -0.377 e. The predicted molar refractivity (Wildman–Crippen MR) is 88.5 cm³/mol. The van der Waals surface area contributed by atoms with E-state index in [9.17, 15) is 29.1 Å². The van der Waals surface area contributed by atoms with Gasteiger partial charge in [0.1, 0.15) is 31.1 Å². The maximum atomic E-state index is 12.1. The van der Waals surface area contributed by atoms with Crippen molar-refractivity contribution in [1.29, 1.82) is 0 Å². The van der Waals surface area contributed by atoms with Crippen molar-refractivity contribution in [2.75, 3.05) is 20.1 Å². The summed E-state index contributed by atoms with van der Waals surface area (Å²) in [4.78, 5) is 55.3. The average molecular weight is 358 g/mol. The van der Waals surface area contributed by atoms with Crippen LogP contribution in [0.4, 0.5) is 0 Å². The van der Waals surface area contributed by atoms with E-state index in [2.05, 4.69) is 21.3 Å². The summed E-state index contributed by atoms with van der Waals surface area (Å²) in [6.07, 6.45) is 1.30. The highest BCUT2D eigenvalue weighted by Crippen LogP contribution is 1.97. The van der Waals surface area contributed by atoms with E-state index >= 15 is 0 Å².